The number of allylic oxidation sites excluding steroid dienone is 3. The van der Waals surface area contributed by atoms with Crippen molar-refractivity contribution in [2.75, 3.05) is 20.8 Å². The minimum Gasteiger partial charge on any atom is -0.497 e. The Morgan fingerprint density at radius 3 is 2.49 bits per heavy atom. The average Bonchev–Trinajstić information content (AvgIpc) is 2.82. The Kier molecular flexibility index (Phi) is 7.01. The molecule has 1 aliphatic carbocycles. The fourth-order valence-electron chi connectivity index (χ4n) is 5.07. The van der Waals surface area contributed by atoms with Crippen molar-refractivity contribution in [3.63, 3.8) is 0 Å². The van der Waals surface area contributed by atoms with Gasteiger partial charge in [-0.3, -0.25) is 4.79 Å². The maximum Gasteiger partial charge on any atom is 0.336 e. The highest BCUT2D eigenvalue weighted by Crippen LogP contribution is 2.49. The predicted molar refractivity (Wildman–Crippen MR) is 134 cm³/mol. The van der Waals surface area contributed by atoms with Crippen LogP contribution in [-0.2, 0) is 20.7 Å². The van der Waals surface area contributed by atoms with E-state index in [1.165, 1.54) is 0 Å². The zero-order chi connectivity index (χ0) is 25.2. The SMILES string of the molecule is COc1ccc(OC)c(C2C(C(=O)OCCc3ccccc3)=C(C)NC3=C2C(=O)CC(C)(C)C3)c1. The van der Waals surface area contributed by atoms with Crippen LogP contribution in [0.1, 0.15) is 50.7 Å². The lowest BCUT2D eigenvalue weighted by Gasteiger charge is -2.39. The van der Waals surface area contributed by atoms with E-state index in [1.54, 1.807) is 26.4 Å². The lowest BCUT2D eigenvalue weighted by molar-refractivity contribution is -0.139. The Hall–Kier alpha value is -3.54. The van der Waals surface area contributed by atoms with Crippen LogP contribution >= 0.6 is 0 Å². The highest BCUT2D eigenvalue weighted by Gasteiger charge is 2.44. The number of carbonyl (C=O) groups excluding carboxylic acids is 2. The van der Waals surface area contributed by atoms with Crippen molar-refractivity contribution < 1.29 is 23.8 Å². The molecule has 0 bridgehead atoms. The number of ether oxygens (including phenoxy) is 3. The molecule has 0 saturated carbocycles. The predicted octanol–water partition coefficient (Wildman–Crippen LogP) is 5.09. The molecule has 35 heavy (non-hydrogen) atoms. The first kappa shape index (κ1) is 24.6. The Morgan fingerprint density at radius 1 is 1.06 bits per heavy atom. The summed E-state index contributed by atoms with van der Waals surface area (Å²) in [6.45, 7) is 6.28. The molecule has 0 fully saturated rings. The number of carbonyl (C=O) groups is 2. The number of esters is 1. The molecular formula is C29H33NO5. The van der Waals surface area contributed by atoms with E-state index in [9.17, 15) is 9.59 Å². The molecule has 2 aliphatic rings. The average molecular weight is 476 g/mol. The maximum absolute atomic E-state index is 13.5. The molecule has 0 amide bonds. The number of methoxy groups -OCH3 is 2. The van der Waals surface area contributed by atoms with Gasteiger partial charge in [0.1, 0.15) is 11.5 Å². The van der Waals surface area contributed by atoms with Gasteiger partial charge in [0.25, 0.3) is 0 Å². The van der Waals surface area contributed by atoms with E-state index < -0.39 is 11.9 Å². The van der Waals surface area contributed by atoms with Crippen LogP contribution in [-0.4, -0.2) is 32.6 Å². The number of ketones is 1. The van der Waals surface area contributed by atoms with Crippen molar-refractivity contribution in [2.24, 2.45) is 5.41 Å². The zero-order valence-electron chi connectivity index (χ0n) is 21.1. The third kappa shape index (κ3) is 5.11. The molecular weight excluding hydrogens is 442 g/mol. The monoisotopic (exact) mass is 475 g/mol. The highest BCUT2D eigenvalue weighted by atomic mass is 16.5. The molecule has 1 N–H and O–H groups in total. The van der Waals surface area contributed by atoms with E-state index in [1.807, 2.05) is 43.3 Å². The van der Waals surface area contributed by atoms with E-state index in [0.29, 0.717) is 53.2 Å². The second kappa shape index (κ2) is 9.98. The van der Waals surface area contributed by atoms with Crippen LogP contribution in [0.2, 0.25) is 0 Å². The summed E-state index contributed by atoms with van der Waals surface area (Å²) in [6, 6.07) is 15.3. The molecule has 6 heteroatoms. The van der Waals surface area contributed by atoms with Crippen LogP contribution in [0, 0.1) is 5.41 Å². The van der Waals surface area contributed by atoms with Crippen LogP contribution in [0.5, 0.6) is 11.5 Å². The molecule has 184 valence electrons. The molecule has 0 saturated heterocycles. The van der Waals surface area contributed by atoms with Crippen LogP contribution in [0.4, 0.5) is 0 Å². The number of nitrogens with one attached hydrogen (secondary N) is 1. The first-order valence-corrected chi connectivity index (χ1v) is 11.9. The van der Waals surface area contributed by atoms with Gasteiger partial charge in [-0.15, -0.1) is 0 Å². The van der Waals surface area contributed by atoms with Gasteiger partial charge in [0.15, 0.2) is 5.78 Å². The molecule has 6 nitrogen and oxygen atoms in total. The number of rotatable bonds is 7. The number of hydrogen-bond acceptors (Lipinski definition) is 6. The number of benzene rings is 2. The lowest BCUT2D eigenvalue weighted by Crippen LogP contribution is -2.38. The molecule has 1 aliphatic heterocycles. The minimum atomic E-state index is -0.607. The normalized spacial score (nSPS) is 19.1. The van der Waals surface area contributed by atoms with E-state index in [2.05, 4.69) is 19.2 Å². The van der Waals surface area contributed by atoms with Gasteiger partial charge in [0, 0.05) is 35.4 Å². The van der Waals surface area contributed by atoms with E-state index in [0.717, 1.165) is 11.3 Å². The molecule has 2 aromatic rings. The second-order valence-electron chi connectivity index (χ2n) is 9.91. The first-order valence-electron chi connectivity index (χ1n) is 11.9. The smallest absolute Gasteiger partial charge is 0.336 e. The molecule has 0 aromatic heterocycles. The first-order chi connectivity index (χ1) is 16.7. The van der Waals surface area contributed by atoms with E-state index >= 15 is 0 Å². The van der Waals surface area contributed by atoms with Crippen molar-refractivity contribution in [1.82, 2.24) is 5.32 Å². The molecule has 2 aromatic carbocycles. The van der Waals surface area contributed by atoms with Gasteiger partial charge in [-0.2, -0.15) is 0 Å². The molecule has 4 rings (SSSR count). The van der Waals surface area contributed by atoms with Gasteiger partial charge in [0.2, 0.25) is 0 Å². The standard InChI is InChI=1S/C29H33NO5/c1-18-25(28(32)35-14-13-19-9-7-6-8-10-19)26(21-15-20(33-4)11-12-24(21)34-5)27-22(30-18)16-29(2,3)17-23(27)31/h6-12,15,26,30H,13-14,16-17H2,1-5H3. The van der Waals surface area contributed by atoms with Crippen LogP contribution < -0.4 is 14.8 Å². The second-order valence-corrected chi connectivity index (χ2v) is 9.91. The quantitative estimate of drug-likeness (QED) is 0.562. The van der Waals surface area contributed by atoms with Crippen LogP contribution in [0.25, 0.3) is 0 Å². The fraction of sp³-hybridized carbons (Fsp3) is 0.379. The van der Waals surface area contributed by atoms with Gasteiger partial charge in [-0.25, -0.2) is 4.79 Å². The summed E-state index contributed by atoms with van der Waals surface area (Å²) in [4.78, 5) is 27.0. The Balaban J connectivity index is 1.75. The minimum absolute atomic E-state index is 0.0284. The van der Waals surface area contributed by atoms with Crippen molar-refractivity contribution in [2.45, 2.75) is 46.0 Å². The Bertz CT molecular complexity index is 1190. The molecule has 0 radical (unpaired) electrons. The topological polar surface area (TPSA) is 73.9 Å². The molecule has 1 unspecified atom stereocenters. The highest BCUT2D eigenvalue weighted by molar-refractivity contribution is 6.04. The van der Waals surface area contributed by atoms with Crippen molar-refractivity contribution in [3.05, 3.63) is 82.2 Å². The van der Waals surface area contributed by atoms with Gasteiger partial charge in [0.05, 0.1) is 32.3 Å². The molecule has 1 heterocycles. The van der Waals surface area contributed by atoms with Crippen LogP contribution in [0.15, 0.2) is 71.1 Å². The van der Waals surface area contributed by atoms with E-state index in [-0.39, 0.29) is 17.8 Å². The molecule has 1 atom stereocenters. The number of hydrogen-bond donors (Lipinski definition) is 1. The van der Waals surface area contributed by atoms with Gasteiger partial charge in [-0.05, 0) is 42.5 Å². The zero-order valence-corrected chi connectivity index (χ0v) is 21.1. The van der Waals surface area contributed by atoms with Crippen molar-refractivity contribution in [3.8, 4) is 11.5 Å². The summed E-state index contributed by atoms with van der Waals surface area (Å²) < 4.78 is 16.9. The van der Waals surface area contributed by atoms with Crippen molar-refractivity contribution in [1.29, 1.82) is 0 Å². The van der Waals surface area contributed by atoms with Gasteiger partial charge in [-0.1, -0.05) is 44.2 Å². The summed E-state index contributed by atoms with van der Waals surface area (Å²) in [5.41, 5.74) is 4.22. The summed E-state index contributed by atoms with van der Waals surface area (Å²) in [5.74, 6) is 0.193. The Morgan fingerprint density at radius 2 is 1.80 bits per heavy atom. The van der Waals surface area contributed by atoms with Gasteiger partial charge < -0.3 is 19.5 Å². The summed E-state index contributed by atoms with van der Waals surface area (Å²) >= 11 is 0. The third-order valence-corrected chi connectivity index (χ3v) is 6.67. The summed E-state index contributed by atoms with van der Waals surface area (Å²) in [7, 11) is 3.18. The summed E-state index contributed by atoms with van der Waals surface area (Å²) in [6.07, 6.45) is 1.73. The molecule has 0 spiro atoms. The summed E-state index contributed by atoms with van der Waals surface area (Å²) in [5, 5.41) is 3.37. The third-order valence-electron chi connectivity index (χ3n) is 6.67. The maximum atomic E-state index is 13.5. The number of dihydropyridines is 1. The largest absolute Gasteiger partial charge is 0.497 e. The fourth-order valence-corrected chi connectivity index (χ4v) is 5.07. The van der Waals surface area contributed by atoms with E-state index in [4.69, 9.17) is 14.2 Å². The number of Topliss-reactive ketones (excluding diaryl/α,β-unsaturated/α-hetero) is 1. The van der Waals surface area contributed by atoms with Crippen molar-refractivity contribution >= 4 is 11.8 Å². The Labute approximate surface area is 207 Å². The van der Waals surface area contributed by atoms with Crippen LogP contribution in [0.3, 0.4) is 0 Å². The van der Waals surface area contributed by atoms with Gasteiger partial charge >= 0.3 is 5.97 Å². The lowest BCUT2D eigenvalue weighted by atomic mass is 9.68.